The van der Waals surface area contributed by atoms with E-state index in [2.05, 4.69) is 63.5 Å². The van der Waals surface area contributed by atoms with Crippen LogP contribution in [0.25, 0.3) is 0 Å². The van der Waals surface area contributed by atoms with Crippen molar-refractivity contribution in [3.63, 3.8) is 0 Å². The molecule has 600 valence electrons. The van der Waals surface area contributed by atoms with Crippen LogP contribution in [-0.4, -0.2) is 243 Å². The van der Waals surface area contributed by atoms with Crippen LogP contribution in [0, 0.1) is 29.6 Å². The minimum absolute atomic E-state index is 0.0243. The Morgan fingerprint density at radius 1 is 0.472 bits per heavy atom. The maximum Gasteiger partial charge on any atom is 0.326 e. The summed E-state index contributed by atoms with van der Waals surface area (Å²) in [6.07, 6.45) is 0.569. The van der Waals surface area contributed by atoms with Crippen molar-refractivity contribution in [3.8, 4) is 0 Å². The van der Waals surface area contributed by atoms with Gasteiger partial charge in [0.1, 0.15) is 72.5 Å². The van der Waals surface area contributed by atoms with E-state index in [0.29, 0.717) is 18.6 Å². The molecule has 0 aromatic heterocycles. The van der Waals surface area contributed by atoms with Gasteiger partial charge in [-0.2, -0.15) is 11.8 Å². The molecule has 2 rings (SSSR count). The molecule has 0 bridgehead atoms. The molecule has 38 heteroatoms. The Hall–Kier alpha value is -8.94. The van der Waals surface area contributed by atoms with Crippen molar-refractivity contribution < 1.29 is 86.9 Å². The molecule has 0 aliphatic carbocycles. The van der Waals surface area contributed by atoms with Crippen LogP contribution in [0.3, 0.4) is 0 Å². The second-order valence-corrected chi connectivity index (χ2v) is 30.0. The highest BCUT2D eigenvalue weighted by molar-refractivity contribution is 7.98. The summed E-state index contributed by atoms with van der Waals surface area (Å²) in [6.45, 7) is 19.2. The SMILES string of the molecule is CSCC[C@H](N)C(=O)N[C@H](C(=O)N[C@@H](CCCN=C(N)N)C(=O)N[C@H](C(=O)N[C@@H](CC(C)C)C(=O)N[C@@H](CCC(N)=O)C(=O)NCC(=O)N[C@H](C(=O)N[C@@H](CC(C)C)C(=O)N1CCC[C@H]1C(=O)N[C@@H](C)C(=O)N[C@@H](CC(C)C)C(=O)N1CCC[C@H]1C(=O)N[C@@H](CCC(N)=O)C(=O)O)C(C)C)C(C)C)[C@@H](C)O. The first kappa shape index (κ1) is 93.1. The number of carboxylic acid groups (broad SMARTS) is 1. The van der Waals surface area contributed by atoms with E-state index in [-0.39, 0.29) is 114 Å². The van der Waals surface area contributed by atoms with E-state index in [1.807, 2.05) is 20.1 Å². The Bertz CT molecular complexity index is 3080. The third kappa shape index (κ3) is 32.4. The maximum absolute atomic E-state index is 14.6. The fraction of sp³-hybridized carbons (Fsp3) is 0.750. The van der Waals surface area contributed by atoms with Gasteiger partial charge < -0.3 is 107 Å². The molecule has 0 radical (unpaired) electrons. The zero-order valence-electron chi connectivity index (χ0n) is 63.5. The highest BCUT2D eigenvalue weighted by Crippen LogP contribution is 2.24. The fourth-order valence-corrected chi connectivity index (χ4v) is 12.3. The number of rotatable bonds is 47. The lowest BCUT2D eigenvalue weighted by molar-refractivity contribution is -0.145. The first-order valence-electron chi connectivity index (χ1n) is 36.2. The van der Waals surface area contributed by atoms with Crippen molar-refractivity contribution in [3.05, 3.63) is 0 Å². The molecule has 0 saturated carbocycles. The van der Waals surface area contributed by atoms with Crippen molar-refractivity contribution in [2.75, 3.05) is 38.2 Å². The van der Waals surface area contributed by atoms with Crippen molar-refractivity contribution >= 4 is 112 Å². The standard InChI is InChI=1S/C68H119N19O18S/c1-33(2)29-44(80-63(100)53(37(9)10)84-58(95)41(17-14-25-74-68(72)73)78-64(101)54(39(12)88)85-56(93)40(69)24-28-106-13)59(96)77-42(20-22-49(70)89)57(94)75-32-51(91)83-52(36(7)8)62(99)82-46(31-35(5)6)66(103)86-26-15-18-47(86)60(97)76-38(11)55(92)81-45(30-34(3)4)65(102)87-27-16-19-48(87)61(98)79-43(67(104)105)21-23-50(71)90/h33-48,52-54,88H,14-32,69H2,1-13H3,(H2,70,89)(H2,71,90)(H,75,94)(H,76,97)(H,77,96)(H,78,101)(H,79,98)(H,80,100)(H,81,92)(H,82,99)(H,83,91)(H,84,95)(H,85,93)(H,104,105)(H4,72,73,74)/t38-,39+,40-,41-,42-,43-,44-,45-,46-,47-,48-,52-,53-,54-/m0/s1. The predicted octanol–water partition coefficient (Wildman–Crippen LogP) is -4.47. The van der Waals surface area contributed by atoms with Gasteiger partial charge in [-0.25, -0.2) is 4.79 Å². The Balaban J connectivity index is 2.29. The number of carboxylic acids is 1. The van der Waals surface area contributed by atoms with Gasteiger partial charge in [-0.1, -0.05) is 69.2 Å². The number of guanidine groups is 1. The monoisotopic (exact) mass is 1520 g/mol. The third-order valence-corrected chi connectivity index (χ3v) is 18.2. The molecule has 2 fully saturated rings. The number of primary amides is 2. The van der Waals surface area contributed by atoms with E-state index >= 15 is 0 Å². The number of carbonyl (C=O) groups is 16. The number of aliphatic hydroxyl groups excluding tert-OH is 1. The molecule has 23 N–H and O–H groups in total. The quantitative estimate of drug-likeness (QED) is 0.0155. The van der Waals surface area contributed by atoms with Crippen molar-refractivity contribution in [2.45, 2.75) is 258 Å². The van der Waals surface area contributed by atoms with Gasteiger partial charge in [-0.05, 0) is 132 Å². The van der Waals surface area contributed by atoms with E-state index in [1.165, 1.54) is 35.4 Å². The number of nitrogens with one attached hydrogen (secondary N) is 11. The second kappa shape index (κ2) is 46.2. The van der Waals surface area contributed by atoms with Gasteiger partial charge in [0, 0.05) is 32.5 Å². The molecule has 14 atom stereocenters. The molecule has 106 heavy (non-hydrogen) atoms. The van der Waals surface area contributed by atoms with E-state index in [0.717, 1.165) is 0 Å². The van der Waals surface area contributed by atoms with Crippen LogP contribution in [-0.2, 0) is 76.7 Å². The molecule has 0 spiro atoms. The van der Waals surface area contributed by atoms with Gasteiger partial charge in [0.25, 0.3) is 0 Å². The van der Waals surface area contributed by atoms with Crippen molar-refractivity contribution in [1.82, 2.24) is 68.3 Å². The number of amides is 15. The largest absolute Gasteiger partial charge is 0.480 e. The summed E-state index contributed by atoms with van der Waals surface area (Å²) in [4.78, 5) is 223. The molecule has 0 unspecified atom stereocenters. The Morgan fingerprint density at radius 2 is 0.887 bits per heavy atom. The zero-order chi connectivity index (χ0) is 80.6. The molecular formula is C68H119N19O18S. The Kier molecular flexibility index (Phi) is 40.6. The summed E-state index contributed by atoms with van der Waals surface area (Å²) in [5, 5.41) is 48.5. The van der Waals surface area contributed by atoms with Crippen molar-refractivity contribution in [1.29, 1.82) is 0 Å². The molecule has 15 amide bonds. The van der Waals surface area contributed by atoms with Gasteiger partial charge >= 0.3 is 5.97 Å². The fourth-order valence-electron chi connectivity index (χ4n) is 11.8. The molecule has 37 nitrogen and oxygen atoms in total. The number of aliphatic carboxylic acids is 1. The number of hydrogen-bond acceptors (Lipinski definition) is 20. The molecule has 2 aliphatic rings. The molecule has 2 saturated heterocycles. The predicted molar refractivity (Wildman–Crippen MR) is 393 cm³/mol. The first-order chi connectivity index (χ1) is 49.5. The normalized spacial score (nSPS) is 17.7. The smallest absolute Gasteiger partial charge is 0.326 e. The van der Waals surface area contributed by atoms with Crippen LogP contribution in [0.1, 0.15) is 173 Å². The summed E-state index contributed by atoms with van der Waals surface area (Å²) in [5.74, 6) is -15.1. The summed E-state index contributed by atoms with van der Waals surface area (Å²) in [7, 11) is 0. The number of carbonyl (C=O) groups excluding carboxylic acids is 15. The first-order valence-corrected chi connectivity index (χ1v) is 37.6. The lowest BCUT2D eigenvalue weighted by atomic mass is 9.98. The van der Waals surface area contributed by atoms with Crippen LogP contribution in [0.2, 0.25) is 0 Å². The number of nitrogens with two attached hydrogens (primary N) is 5. The Morgan fingerprint density at radius 3 is 1.35 bits per heavy atom. The number of aliphatic hydroxyl groups is 1. The van der Waals surface area contributed by atoms with Crippen LogP contribution in [0.5, 0.6) is 0 Å². The van der Waals surface area contributed by atoms with Crippen LogP contribution < -0.4 is 87.2 Å². The number of aliphatic imine (C=N–C) groups is 1. The maximum atomic E-state index is 14.6. The number of hydrogen-bond donors (Lipinski definition) is 18. The summed E-state index contributed by atoms with van der Waals surface area (Å²) >= 11 is 1.45. The molecule has 0 aromatic rings. The third-order valence-electron chi connectivity index (χ3n) is 17.6. The topological polar surface area (TPSA) is 595 Å². The number of nitrogens with zero attached hydrogens (tertiary/aromatic N) is 3. The van der Waals surface area contributed by atoms with Crippen LogP contribution in [0.15, 0.2) is 4.99 Å². The van der Waals surface area contributed by atoms with E-state index < -0.39 is 204 Å². The van der Waals surface area contributed by atoms with Gasteiger partial charge in [0.15, 0.2) is 5.96 Å². The van der Waals surface area contributed by atoms with Gasteiger partial charge in [0.2, 0.25) is 88.6 Å². The van der Waals surface area contributed by atoms with E-state index in [4.69, 9.17) is 28.7 Å². The molecular weight excluding hydrogens is 1400 g/mol. The average Bonchev–Trinajstić information content (AvgIpc) is 1.82. The highest BCUT2D eigenvalue weighted by Gasteiger charge is 2.43. The minimum atomic E-state index is -1.56. The van der Waals surface area contributed by atoms with E-state index in [9.17, 15) is 86.9 Å². The van der Waals surface area contributed by atoms with Crippen LogP contribution >= 0.6 is 11.8 Å². The summed E-state index contributed by atoms with van der Waals surface area (Å²) in [6, 6.07) is -16.9. The van der Waals surface area contributed by atoms with Gasteiger partial charge in [-0.3, -0.25) is 76.9 Å². The van der Waals surface area contributed by atoms with Crippen molar-refractivity contribution in [2.24, 2.45) is 63.3 Å². The van der Waals surface area contributed by atoms with E-state index in [1.54, 1.807) is 55.4 Å². The summed E-state index contributed by atoms with van der Waals surface area (Å²) in [5.41, 5.74) is 27.6. The number of likely N-dealkylation sites (tertiary alicyclic amines) is 2. The Labute approximate surface area is 624 Å². The van der Waals surface area contributed by atoms with Gasteiger partial charge in [0.05, 0.1) is 18.7 Å². The minimum Gasteiger partial charge on any atom is -0.480 e. The summed E-state index contributed by atoms with van der Waals surface area (Å²) < 4.78 is 0. The number of thioether (sulfide) groups is 1. The average molecular weight is 1520 g/mol. The zero-order valence-corrected chi connectivity index (χ0v) is 64.3. The van der Waals surface area contributed by atoms with Crippen LogP contribution in [0.4, 0.5) is 0 Å². The molecule has 0 aromatic carbocycles. The lowest BCUT2D eigenvalue weighted by Crippen LogP contribution is -2.61. The highest BCUT2D eigenvalue weighted by atomic mass is 32.2. The lowest BCUT2D eigenvalue weighted by Gasteiger charge is -2.32. The molecule has 2 aliphatic heterocycles. The van der Waals surface area contributed by atoms with Gasteiger partial charge in [-0.15, -0.1) is 0 Å². The second-order valence-electron chi connectivity index (χ2n) is 29.0. The molecule has 2 heterocycles.